The number of aliphatic imine (C=N–C) groups is 1. The number of hydrogen-bond donors (Lipinski definition) is 1. The number of aryl methyl sites for hydroxylation is 1. The lowest BCUT2D eigenvalue weighted by Crippen LogP contribution is -2.67. The number of imide groups is 1. The van der Waals surface area contributed by atoms with E-state index < -0.39 is 11.9 Å². The summed E-state index contributed by atoms with van der Waals surface area (Å²) in [4.78, 5) is 59.8. The number of benzene rings is 3. The standard InChI is InChI=1S/C43H41N7O5/c1-3-26(16-17-44-2)41-37(28-5-12-35-27(18-28)6-14-39(35)51)25-50(46-41)30-8-10-33(11-9-30)55-34-23-48(24-34)32-21-47(22-32)31-7-4-29-20-49(43(54)36(29)19-31)38-13-15-40(52)45-42(38)53/h3-5,7-12,16-19,25,32,34,38H,2,6,13-15,20-24H2,1H3,(H,45,52,53)/b17-16-,26-3+. The normalized spacial score (nSPS) is 20.5. The summed E-state index contributed by atoms with van der Waals surface area (Å²) in [7, 11) is 0. The Morgan fingerprint density at radius 2 is 1.69 bits per heavy atom. The molecule has 12 heteroatoms. The predicted octanol–water partition coefficient (Wildman–Crippen LogP) is 5.00. The van der Waals surface area contributed by atoms with Gasteiger partial charge >= 0.3 is 0 Å². The second kappa shape index (κ2) is 13.9. The Morgan fingerprint density at radius 1 is 0.891 bits per heavy atom. The number of amides is 3. The van der Waals surface area contributed by atoms with Gasteiger partial charge in [0.15, 0.2) is 5.78 Å². The minimum Gasteiger partial charge on any atom is -0.488 e. The third-order valence-corrected chi connectivity index (χ3v) is 11.5. The van der Waals surface area contributed by atoms with Gasteiger partial charge in [-0.15, -0.1) is 0 Å². The van der Waals surface area contributed by atoms with Gasteiger partial charge in [-0.25, -0.2) is 4.68 Å². The van der Waals surface area contributed by atoms with Gasteiger partial charge in [-0.05, 0) is 91.2 Å². The van der Waals surface area contributed by atoms with Crippen molar-refractivity contribution < 1.29 is 23.9 Å². The molecular formula is C43H41N7O5. The van der Waals surface area contributed by atoms with Gasteiger partial charge in [-0.1, -0.05) is 30.3 Å². The van der Waals surface area contributed by atoms with E-state index in [1.165, 1.54) is 0 Å². The number of nitrogens with zero attached hydrogens (tertiary/aromatic N) is 6. The highest BCUT2D eigenvalue weighted by atomic mass is 16.5. The maximum atomic E-state index is 13.3. The molecule has 0 bridgehead atoms. The van der Waals surface area contributed by atoms with Crippen LogP contribution in [-0.2, 0) is 22.6 Å². The van der Waals surface area contributed by atoms with Crippen LogP contribution in [0.25, 0.3) is 22.4 Å². The quantitative estimate of drug-likeness (QED) is 0.137. The minimum absolute atomic E-state index is 0.105. The Hall–Kier alpha value is -6.14. The highest BCUT2D eigenvalue weighted by molar-refractivity contribution is 6.06. The average molecular weight is 736 g/mol. The summed E-state index contributed by atoms with van der Waals surface area (Å²) in [5, 5.41) is 7.37. The molecule has 1 aromatic heterocycles. The van der Waals surface area contributed by atoms with Crippen molar-refractivity contribution in [2.75, 3.05) is 31.1 Å². The van der Waals surface area contributed by atoms with Gasteiger partial charge in [0.2, 0.25) is 11.8 Å². The lowest BCUT2D eigenvalue weighted by atomic mass is 9.98. The molecule has 1 aliphatic carbocycles. The summed E-state index contributed by atoms with van der Waals surface area (Å²) >= 11 is 0. The molecule has 5 heterocycles. The number of hydrogen-bond acceptors (Lipinski definition) is 9. The van der Waals surface area contributed by atoms with Crippen LogP contribution in [0.3, 0.4) is 0 Å². The van der Waals surface area contributed by atoms with Crippen LogP contribution in [0, 0.1) is 0 Å². The van der Waals surface area contributed by atoms with Crippen LogP contribution in [0.2, 0.25) is 0 Å². The summed E-state index contributed by atoms with van der Waals surface area (Å²) in [6, 6.07) is 19.9. The molecule has 55 heavy (non-hydrogen) atoms. The highest BCUT2D eigenvalue weighted by Crippen LogP contribution is 2.36. The smallest absolute Gasteiger partial charge is 0.255 e. The zero-order chi connectivity index (χ0) is 37.8. The third-order valence-electron chi connectivity index (χ3n) is 11.5. The molecule has 0 spiro atoms. The van der Waals surface area contributed by atoms with Crippen LogP contribution in [0.4, 0.5) is 5.69 Å². The molecule has 0 saturated carbocycles. The molecule has 1 N–H and O–H groups in total. The number of aromatic nitrogens is 2. The molecule has 1 atom stereocenters. The van der Waals surface area contributed by atoms with Crippen molar-refractivity contribution in [3.8, 4) is 22.6 Å². The number of piperidine rings is 1. The monoisotopic (exact) mass is 735 g/mol. The van der Waals surface area contributed by atoms with Crippen LogP contribution < -0.4 is 15.0 Å². The summed E-state index contributed by atoms with van der Waals surface area (Å²) in [5.74, 6) is 0.185. The summed E-state index contributed by atoms with van der Waals surface area (Å²) in [6.45, 7) is 9.38. The Bertz CT molecular complexity index is 2310. The molecule has 3 saturated heterocycles. The van der Waals surface area contributed by atoms with E-state index in [9.17, 15) is 19.2 Å². The van der Waals surface area contributed by atoms with Gasteiger partial charge in [0.1, 0.15) is 23.6 Å². The van der Waals surface area contributed by atoms with Crippen molar-refractivity contribution in [3.63, 3.8) is 0 Å². The number of carbonyl (C=O) groups excluding carboxylic acids is 4. The SMILES string of the molecule is C=N/C=C\C(=C/C)c1nn(-c2ccc(OC3CN(C4CN(c5ccc6c(c5)C(=O)N(C5CCC(=O)NC5=O)C6)C4)C3)cc2)cc1-c1ccc2c(c1)CCC2=O. The van der Waals surface area contributed by atoms with Crippen molar-refractivity contribution in [3.05, 3.63) is 113 Å². The first-order chi connectivity index (χ1) is 26.8. The summed E-state index contributed by atoms with van der Waals surface area (Å²) < 4.78 is 8.23. The van der Waals surface area contributed by atoms with E-state index in [2.05, 4.69) is 39.0 Å². The molecule has 3 aromatic carbocycles. The average Bonchev–Trinajstić information content (AvgIpc) is 3.85. The number of nitrogens with one attached hydrogen (secondary N) is 1. The zero-order valence-corrected chi connectivity index (χ0v) is 30.6. The fraction of sp³-hybridized carbons (Fsp3) is 0.302. The molecule has 1 unspecified atom stereocenters. The zero-order valence-electron chi connectivity index (χ0n) is 30.6. The van der Waals surface area contributed by atoms with E-state index in [0.29, 0.717) is 31.0 Å². The third kappa shape index (κ3) is 6.35. The topological polar surface area (TPSA) is 129 Å². The summed E-state index contributed by atoms with van der Waals surface area (Å²) in [5.41, 5.74) is 9.08. The number of rotatable bonds is 10. The van der Waals surface area contributed by atoms with E-state index in [1.807, 2.05) is 78.5 Å². The number of ketones is 1. The molecular weight excluding hydrogens is 695 g/mol. The van der Waals surface area contributed by atoms with Crippen LogP contribution >= 0.6 is 0 Å². The van der Waals surface area contributed by atoms with Gasteiger partial charge < -0.3 is 14.5 Å². The van der Waals surface area contributed by atoms with Gasteiger partial charge in [-0.3, -0.25) is 34.4 Å². The fourth-order valence-electron chi connectivity index (χ4n) is 8.35. The minimum atomic E-state index is -0.608. The highest BCUT2D eigenvalue weighted by Gasteiger charge is 2.42. The maximum Gasteiger partial charge on any atom is 0.255 e. The van der Waals surface area contributed by atoms with E-state index >= 15 is 0 Å². The van der Waals surface area contributed by atoms with E-state index in [1.54, 1.807) is 11.1 Å². The number of allylic oxidation sites excluding steroid dienone is 3. The Labute approximate surface area is 318 Å². The lowest BCUT2D eigenvalue weighted by Gasteiger charge is -2.52. The van der Waals surface area contributed by atoms with Crippen molar-refractivity contribution >= 4 is 41.5 Å². The Balaban J connectivity index is 0.809. The molecule has 3 amide bonds. The lowest BCUT2D eigenvalue weighted by molar-refractivity contribution is -0.136. The van der Waals surface area contributed by atoms with Gasteiger partial charge in [-0.2, -0.15) is 5.10 Å². The maximum absolute atomic E-state index is 13.3. The van der Waals surface area contributed by atoms with Crippen LogP contribution in [-0.4, -0.2) is 94.2 Å². The van der Waals surface area contributed by atoms with Gasteiger partial charge in [0, 0.05) is 86.4 Å². The number of anilines is 1. The molecule has 0 radical (unpaired) electrons. The second-order valence-electron chi connectivity index (χ2n) is 14.9. The molecule has 4 aromatic rings. The Morgan fingerprint density at radius 3 is 2.45 bits per heavy atom. The van der Waals surface area contributed by atoms with Crippen molar-refractivity contribution in [1.29, 1.82) is 0 Å². The number of Topliss-reactive ketones (excluding diaryl/α,β-unsaturated/α-hetero) is 1. The van der Waals surface area contributed by atoms with Crippen LogP contribution in [0.15, 0.2) is 90.2 Å². The van der Waals surface area contributed by atoms with E-state index in [0.717, 1.165) is 88.8 Å². The van der Waals surface area contributed by atoms with Crippen molar-refractivity contribution in [1.82, 2.24) is 24.9 Å². The van der Waals surface area contributed by atoms with Crippen LogP contribution in [0.1, 0.15) is 63.7 Å². The first kappa shape index (κ1) is 34.6. The number of carbonyl (C=O) groups is 4. The molecule has 278 valence electrons. The van der Waals surface area contributed by atoms with E-state index in [4.69, 9.17) is 9.84 Å². The second-order valence-corrected chi connectivity index (χ2v) is 14.9. The first-order valence-corrected chi connectivity index (χ1v) is 18.8. The summed E-state index contributed by atoms with van der Waals surface area (Å²) in [6.07, 6.45) is 9.62. The largest absolute Gasteiger partial charge is 0.488 e. The van der Waals surface area contributed by atoms with Gasteiger partial charge in [0.25, 0.3) is 5.91 Å². The van der Waals surface area contributed by atoms with Crippen LogP contribution in [0.5, 0.6) is 5.75 Å². The van der Waals surface area contributed by atoms with Gasteiger partial charge in [0.05, 0.1) is 5.69 Å². The Kier molecular flexibility index (Phi) is 8.77. The molecule has 5 aliphatic rings. The fourth-order valence-corrected chi connectivity index (χ4v) is 8.35. The number of fused-ring (bicyclic) bond motifs is 2. The number of likely N-dealkylation sites (tertiary alicyclic amines) is 1. The molecule has 9 rings (SSSR count). The molecule has 3 fully saturated rings. The number of ether oxygens (including phenoxy) is 1. The molecule has 4 aliphatic heterocycles. The molecule has 12 nitrogen and oxygen atoms in total. The predicted molar refractivity (Wildman–Crippen MR) is 208 cm³/mol. The van der Waals surface area contributed by atoms with E-state index in [-0.39, 0.29) is 30.1 Å². The first-order valence-electron chi connectivity index (χ1n) is 18.8. The van der Waals surface area contributed by atoms with Crippen molar-refractivity contribution in [2.45, 2.75) is 57.3 Å². The van der Waals surface area contributed by atoms with Crippen molar-refractivity contribution in [2.24, 2.45) is 4.99 Å².